The molecule has 2 aromatic heterocycles. The van der Waals surface area contributed by atoms with Crippen LogP contribution in [0.15, 0.2) is 35.1 Å². The van der Waals surface area contributed by atoms with Crippen LogP contribution in [0.2, 0.25) is 0 Å². The van der Waals surface area contributed by atoms with E-state index in [-0.39, 0.29) is 24.4 Å². The molecule has 2 aliphatic heterocycles. The first kappa shape index (κ1) is 19.6. The molecule has 1 N–H and O–H groups in total. The number of hydrogen-bond acceptors (Lipinski definition) is 6. The van der Waals surface area contributed by atoms with E-state index in [2.05, 4.69) is 0 Å². The highest BCUT2D eigenvalue weighted by atomic mass is 16.6. The number of hydrogen-bond donors (Lipinski definition) is 1. The lowest BCUT2D eigenvalue weighted by molar-refractivity contribution is -0.172. The average Bonchev–Trinajstić information content (AvgIpc) is 3.13. The molecule has 0 bridgehead atoms. The summed E-state index contributed by atoms with van der Waals surface area (Å²) in [5.74, 6) is -0.639. The Balaban J connectivity index is 1.78. The van der Waals surface area contributed by atoms with Crippen molar-refractivity contribution in [3.63, 3.8) is 0 Å². The highest BCUT2D eigenvalue weighted by Gasteiger charge is 2.45. The minimum absolute atomic E-state index is 0.0986. The third-order valence-corrected chi connectivity index (χ3v) is 6.44. The number of aryl methyl sites for hydroxylation is 1. The van der Waals surface area contributed by atoms with Crippen molar-refractivity contribution in [2.45, 2.75) is 51.9 Å². The summed E-state index contributed by atoms with van der Waals surface area (Å²) >= 11 is 0. The molecule has 0 amide bonds. The lowest BCUT2D eigenvalue weighted by atomic mass is 9.86. The third kappa shape index (κ3) is 2.76. The fourth-order valence-corrected chi connectivity index (χ4v) is 4.70. The van der Waals surface area contributed by atoms with E-state index < -0.39 is 11.6 Å². The smallest absolute Gasteiger partial charge is 0.343 e. The molecule has 0 spiro atoms. The number of carbonyl (C=O) groups excluding carboxylic acids is 2. The van der Waals surface area contributed by atoms with Gasteiger partial charge in [0.2, 0.25) is 0 Å². The van der Waals surface area contributed by atoms with E-state index in [1.54, 1.807) is 24.5 Å². The number of carbonyl (C=O) groups is 2. The Morgan fingerprint density at radius 2 is 2.03 bits per heavy atom. The van der Waals surface area contributed by atoms with Crippen molar-refractivity contribution in [1.82, 2.24) is 9.55 Å². The van der Waals surface area contributed by atoms with Crippen LogP contribution < -0.4 is 5.56 Å². The first-order chi connectivity index (χ1) is 14.8. The normalized spacial score (nSPS) is 19.0. The molecular weight excluding hydrogens is 396 g/mol. The maximum atomic E-state index is 13.3. The standard InChI is InChI=1S/C24H22N2O5/c1-3-24(30)18-10-20-21-16(11-26(20)22(28)17(18)12-31-23(24)29)14(9-8-13(2)27)15-6-4-5-7-19(15)25-21/h4-7,10,30H,3,8-9,11-12H2,1-2H3/t24-/m0/s1. The molecule has 7 heteroatoms. The van der Waals surface area contributed by atoms with Gasteiger partial charge in [0.05, 0.1) is 29.0 Å². The molecule has 0 radical (unpaired) electrons. The van der Waals surface area contributed by atoms with Gasteiger partial charge in [0.25, 0.3) is 5.56 Å². The molecule has 0 fully saturated rings. The SMILES string of the molecule is CC[C@@]1(O)C(=O)OCc2c1cc1n(c2=O)Cc2c-1nc1ccccc1c2CCC(C)=O. The van der Waals surface area contributed by atoms with E-state index in [0.717, 1.165) is 22.0 Å². The predicted octanol–water partition coefficient (Wildman–Crippen LogP) is 2.60. The van der Waals surface area contributed by atoms with E-state index >= 15 is 0 Å². The number of esters is 1. The summed E-state index contributed by atoms with van der Waals surface area (Å²) in [7, 11) is 0. The summed E-state index contributed by atoms with van der Waals surface area (Å²) in [5, 5.41) is 12.0. The first-order valence-corrected chi connectivity index (χ1v) is 10.4. The molecule has 0 saturated heterocycles. The Labute approximate surface area is 178 Å². The summed E-state index contributed by atoms with van der Waals surface area (Å²) in [6.07, 6.45) is 1.06. The Morgan fingerprint density at radius 1 is 1.26 bits per heavy atom. The molecule has 1 aromatic carbocycles. The Kier molecular flexibility index (Phi) is 4.34. The lowest BCUT2D eigenvalue weighted by Crippen LogP contribution is -2.44. The molecule has 0 unspecified atom stereocenters. The maximum Gasteiger partial charge on any atom is 0.343 e. The molecule has 158 valence electrons. The molecule has 4 heterocycles. The number of aromatic nitrogens is 2. The number of para-hydroxylation sites is 1. The van der Waals surface area contributed by atoms with Gasteiger partial charge in [-0.3, -0.25) is 4.79 Å². The number of nitrogens with zero attached hydrogens (tertiary/aromatic N) is 2. The minimum Gasteiger partial charge on any atom is -0.458 e. The molecule has 1 atom stereocenters. The number of fused-ring (bicyclic) bond motifs is 5. The number of aliphatic hydroxyl groups is 1. The predicted molar refractivity (Wildman–Crippen MR) is 114 cm³/mol. The van der Waals surface area contributed by atoms with Crippen molar-refractivity contribution in [2.24, 2.45) is 0 Å². The van der Waals surface area contributed by atoms with Crippen molar-refractivity contribution in [3.8, 4) is 11.4 Å². The monoisotopic (exact) mass is 418 g/mol. The zero-order valence-electron chi connectivity index (χ0n) is 17.4. The van der Waals surface area contributed by atoms with Gasteiger partial charge in [-0.1, -0.05) is 25.1 Å². The number of ketones is 1. The van der Waals surface area contributed by atoms with Crippen LogP contribution in [0.3, 0.4) is 0 Å². The minimum atomic E-state index is -1.85. The van der Waals surface area contributed by atoms with Crippen molar-refractivity contribution < 1.29 is 19.4 Å². The quantitative estimate of drug-likeness (QED) is 0.512. The zero-order valence-corrected chi connectivity index (χ0v) is 17.4. The molecule has 0 saturated carbocycles. The number of benzene rings is 1. The van der Waals surface area contributed by atoms with Gasteiger partial charge in [-0.05, 0) is 37.5 Å². The number of ether oxygens (including phenoxy) is 1. The molecule has 2 aliphatic rings. The van der Waals surface area contributed by atoms with E-state index in [9.17, 15) is 19.5 Å². The maximum absolute atomic E-state index is 13.3. The largest absolute Gasteiger partial charge is 0.458 e. The Hall–Kier alpha value is -3.32. The number of pyridine rings is 2. The molecule has 0 aliphatic carbocycles. The summed E-state index contributed by atoms with van der Waals surface area (Å²) in [6, 6.07) is 9.44. The second kappa shape index (κ2) is 6.85. The van der Waals surface area contributed by atoms with Gasteiger partial charge in [-0.25, -0.2) is 9.78 Å². The Morgan fingerprint density at radius 3 is 2.77 bits per heavy atom. The van der Waals surface area contributed by atoms with Gasteiger partial charge in [0, 0.05) is 22.9 Å². The molecule has 7 nitrogen and oxygen atoms in total. The van der Waals surface area contributed by atoms with Crippen LogP contribution in [0.1, 0.15) is 48.9 Å². The second-order valence-corrected chi connectivity index (χ2v) is 8.24. The van der Waals surface area contributed by atoms with Crippen LogP contribution >= 0.6 is 0 Å². The van der Waals surface area contributed by atoms with Crippen LogP contribution in [-0.4, -0.2) is 26.4 Å². The van der Waals surface area contributed by atoms with Crippen LogP contribution in [0.4, 0.5) is 0 Å². The van der Waals surface area contributed by atoms with Crippen molar-refractivity contribution in [1.29, 1.82) is 0 Å². The highest BCUT2D eigenvalue weighted by molar-refractivity contribution is 5.89. The average molecular weight is 418 g/mol. The van der Waals surface area contributed by atoms with Crippen LogP contribution in [-0.2, 0) is 39.5 Å². The van der Waals surface area contributed by atoms with Gasteiger partial charge in [-0.2, -0.15) is 0 Å². The van der Waals surface area contributed by atoms with Crippen molar-refractivity contribution >= 4 is 22.7 Å². The Bertz CT molecular complexity index is 1340. The molecule has 3 aromatic rings. The van der Waals surface area contributed by atoms with Gasteiger partial charge < -0.3 is 19.2 Å². The molecule has 5 rings (SSSR count). The number of rotatable bonds is 4. The number of cyclic esters (lactones) is 1. The molecule has 31 heavy (non-hydrogen) atoms. The van der Waals surface area contributed by atoms with Crippen LogP contribution in [0.25, 0.3) is 22.3 Å². The second-order valence-electron chi connectivity index (χ2n) is 8.24. The van der Waals surface area contributed by atoms with Crippen LogP contribution in [0.5, 0.6) is 0 Å². The van der Waals surface area contributed by atoms with Gasteiger partial charge in [0.1, 0.15) is 12.4 Å². The van der Waals surface area contributed by atoms with E-state index in [4.69, 9.17) is 9.72 Å². The summed E-state index contributed by atoms with van der Waals surface area (Å²) in [6.45, 7) is 3.43. The molecular formula is C24H22N2O5. The third-order valence-electron chi connectivity index (χ3n) is 6.44. The van der Waals surface area contributed by atoms with Gasteiger partial charge in [0.15, 0.2) is 5.60 Å². The summed E-state index contributed by atoms with van der Waals surface area (Å²) in [4.78, 5) is 42.2. The topological polar surface area (TPSA) is 98.5 Å². The van der Waals surface area contributed by atoms with Gasteiger partial charge in [-0.15, -0.1) is 0 Å². The number of Topliss-reactive ketones (excluding diaryl/α,β-unsaturated/α-hetero) is 1. The summed E-state index contributed by atoms with van der Waals surface area (Å²) in [5.41, 5.74) is 2.41. The van der Waals surface area contributed by atoms with Crippen molar-refractivity contribution in [2.75, 3.05) is 0 Å². The highest BCUT2D eigenvalue weighted by Crippen LogP contribution is 2.40. The fraction of sp³-hybridized carbons (Fsp3) is 0.333. The fourth-order valence-electron chi connectivity index (χ4n) is 4.70. The van der Waals surface area contributed by atoms with E-state index in [0.29, 0.717) is 41.9 Å². The lowest BCUT2D eigenvalue weighted by Gasteiger charge is -2.31. The zero-order chi connectivity index (χ0) is 21.9. The van der Waals surface area contributed by atoms with E-state index in [1.807, 2.05) is 24.3 Å². The first-order valence-electron chi connectivity index (χ1n) is 10.4. The van der Waals surface area contributed by atoms with Gasteiger partial charge >= 0.3 is 5.97 Å². The van der Waals surface area contributed by atoms with E-state index in [1.165, 1.54) is 0 Å². The summed E-state index contributed by atoms with van der Waals surface area (Å²) < 4.78 is 6.75. The van der Waals surface area contributed by atoms with Crippen LogP contribution in [0, 0.1) is 0 Å². The van der Waals surface area contributed by atoms with Crippen molar-refractivity contribution in [3.05, 3.63) is 62.9 Å².